The molecule has 3 aromatic heterocycles. The Morgan fingerprint density at radius 2 is 1.92 bits per heavy atom. The van der Waals surface area contributed by atoms with Crippen LogP contribution in [0.25, 0.3) is 11.0 Å². The van der Waals surface area contributed by atoms with E-state index in [1.54, 1.807) is 6.20 Å². The summed E-state index contributed by atoms with van der Waals surface area (Å²) in [6.07, 6.45) is 2.45. The molecule has 12 heteroatoms. The van der Waals surface area contributed by atoms with E-state index in [1.807, 2.05) is 24.0 Å². The Bertz CT molecular complexity index is 1350. The SMILES string of the molecule is CCc1cc2ncc(CN3CCN(c4ccc(C(=O)NN5CC(F)(F)C5)nc4F)CC3)cc2[nH]c1=O. The molecule has 2 N–H and O–H groups in total. The smallest absolute Gasteiger partial charge is 0.284 e. The van der Waals surface area contributed by atoms with E-state index in [0.717, 1.165) is 16.1 Å². The number of carbonyl (C=O) groups excluding carboxylic acids is 1. The Labute approximate surface area is 204 Å². The van der Waals surface area contributed by atoms with E-state index < -0.39 is 30.9 Å². The van der Waals surface area contributed by atoms with Gasteiger partial charge in [-0.3, -0.25) is 24.9 Å². The van der Waals surface area contributed by atoms with Crippen LogP contribution in [0.1, 0.15) is 28.5 Å². The van der Waals surface area contributed by atoms with Crippen LogP contribution in [0.5, 0.6) is 0 Å². The molecule has 0 saturated carbocycles. The molecule has 190 valence electrons. The summed E-state index contributed by atoms with van der Waals surface area (Å²) in [6.45, 7) is 3.90. The van der Waals surface area contributed by atoms with E-state index in [0.29, 0.717) is 55.9 Å². The highest BCUT2D eigenvalue weighted by molar-refractivity contribution is 5.92. The second-order valence-corrected chi connectivity index (χ2v) is 9.18. The third-order valence-corrected chi connectivity index (χ3v) is 6.49. The number of hydrazine groups is 1. The molecule has 36 heavy (non-hydrogen) atoms. The molecular formula is C24H26F3N7O2. The Hall–Kier alpha value is -3.51. The van der Waals surface area contributed by atoms with E-state index in [2.05, 4.69) is 25.3 Å². The number of aryl methyl sites for hydroxylation is 1. The maximum Gasteiger partial charge on any atom is 0.284 e. The normalized spacial score (nSPS) is 18.3. The second kappa shape index (κ2) is 9.51. The number of aromatic amines is 1. The summed E-state index contributed by atoms with van der Waals surface area (Å²) >= 11 is 0. The van der Waals surface area contributed by atoms with Crippen LogP contribution in [0.15, 0.2) is 35.3 Å². The molecule has 2 aliphatic heterocycles. The first-order chi connectivity index (χ1) is 17.2. The highest BCUT2D eigenvalue weighted by Crippen LogP contribution is 2.25. The van der Waals surface area contributed by atoms with Gasteiger partial charge in [0.15, 0.2) is 0 Å². The minimum absolute atomic E-state index is 0.0983. The van der Waals surface area contributed by atoms with Gasteiger partial charge in [0.2, 0.25) is 5.95 Å². The number of piperazine rings is 1. The van der Waals surface area contributed by atoms with Crippen molar-refractivity contribution in [3.05, 3.63) is 63.6 Å². The fraction of sp³-hybridized carbons (Fsp3) is 0.417. The molecule has 0 aliphatic carbocycles. The molecule has 1 amide bonds. The van der Waals surface area contributed by atoms with Crippen molar-refractivity contribution < 1.29 is 18.0 Å². The van der Waals surface area contributed by atoms with Gasteiger partial charge in [-0.1, -0.05) is 6.92 Å². The highest BCUT2D eigenvalue weighted by Gasteiger charge is 2.44. The average Bonchev–Trinajstić information content (AvgIpc) is 2.83. The van der Waals surface area contributed by atoms with Crippen molar-refractivity contribution in [3.63, 3.8) is 0 Å². The highest BCUT2D eigenvalue weighted by atomic mass is 19.3. The lowest BCUT2D eigenvalue weighted by atomic mass is 10.1. The van der Waals surface area contributed by atoms with Gasteiger partial charge in [0.05, 0.1) is 29.8 Å². The summed E-state index contributed by atoms with van der Waals surface area (Å²) in [5.74, 6) is -4.32. The van der Waals surface area contributed by atoms with Crippen molar-refractivity contribution in [2.45, 2.75) is 25.8 Å². The number of pyridine rings is 3. The zero-order valence-corrected chi connectivity index (χ0v) is 19.7. The standard InChI is InChI=1S/C24H26F3N7O2/c1-2-16-10-18-19(30-22(16)35)9-15(11-28-18)12-32-5-7-33(8-6-32)20-4-3-17(29-21(20)25)23(36)31-34-13-24(26,27)14-34/h3-4,9-11H,2,5-8,12-14H2,1H3,(H,30,35)(H,31,36). The molecule has 3 aromatic rings. The predicted molar refractivity (Wildman–Crippen MR) is 127 cm³/mol. The van der Waals surface area contributed by atoms with Crippen molar-refractivity contribution >= 4 is 22.6 Å². The number of anilines is 1. The number of alkyl halides is 2. The molecule has 0 unspecified atom stereocenters. The van der Waals surface area contributed by atoms with Crippen LogP contribution in [0, 0.1) is 5.95 Å². The summed E-state index contributed by atoms with van der Waals surface area (Å²) in [4.78, 5) is 39.5. The summed E-state index contributed by atoms with van der Waals surface area (Å²) in [5.41, 5.74) is 5.46. The molecule has 2 fully saturated rings. The lowest BCUT2D eigenvalue weighted by Gasteiger charge is -2.38. The van der Waals surface area contributed by atoms with Crippen LogP contribution < -0.4 is 15.9 Å². The number of nitrogens with one attached hydrogen (secondary N) is 2. The summed E-state index contributed by atoms with van der Waals surface area (Å²) in [5, 5.41) is 1.07. The molecule has 5 heterocycles. The van der Waals surface area contributed by atoms with Crippen molar-refractivity contribution in [1.82, 2.24) is 30.3 Å². The number of halogens is 3. The summed E-state index contributed by atoms with van der Waals surface area (Å²) < 4.78 is 40.6. The van der Waals surface area contributed by atoms with Gasteiger partial charge in [0, 0.05) is 44.5 Å². The zero-order chi connectivity index (χ0) is 25.4. The topological polar surface area (TPSA) is 97.5 Å². The molecule has 0 atom stereocenters. The molecule has 0 bridgehead atoms. The molecular weight excluding hydrogens is 475 g/mol. The maximum absolute atomic E-state index is 14.7. The number of amides is 1. The van der Waals surface area contributed by atoms with Gasteiger partial charge in [0.25, 0.3) is 17.4 Å². The number of H-pyrrole nitrogens is 1. The quantitative estimate of drug-likeness (QED) is 0.499. The number of rotatable bonds is 6. The Balaban J connectivity index is 1.18. The molecule has 0 spiro atoms. The number of hydrogen-bond acceptors (Lipinski definition) is 7. The molecule has 0 radical (unpaired) electrons. The van der Waals surface area contributed by atoms with Gasteiger partial charge in [-0.15, -0.1) is 0 Å². The molecule has 2 aliphatic rings. The summed E-state index contributed by atoms with van der Waals surface area (Å²) in [7, 11) is 0. The van der Waals surface area contributed by atoms with Gasteiger partial charge < -0.3 is 9.88 Å². The van der Waals surface area contributed by atoms with Gasteiger partial charge in [0.1, 0.15) is 5.69 Å². The third kappa shape index (κ3) is 5.05. The van der Waals surface area contributed by atoms with E-state index in [1.165, 1.54) is 12.1 Å². The van der Waals surface area contributed by atoms with Crippen LogP contribution >= 0.6 is 0 Å². The van der Waals surface area contributed by atoms with Crippen molar-refractivity contribution in [2.24, 2.45) is 0 Å². The van der Waals surface area contributed by atoms with Crippen LogP contribution in [0.3, 0.4) is 0 Å². The van der Waals surface area contributed by atoms with Gasteiger partial charge in [-0.2, -0.15) is 4.39 Å². The monoisotopic (exact) mass is 501 g/mol. The van der Waals surface area contributed by atoms with Crippen LogP contribution in [0.4, 0.5) is 18.9 Å². The largest absolute Gasteiger partial charge is 0.365 e. The zero-order valence-electron chi connectivity index (χ0n) is 19.7. The first kappa shape index (κ1) is 24.2. The number of nitrogens with zero attached hydrogens (tertiary/aromatic N) is 5. The maximum atomic E-state index is 14.7. The number of carbonyl (C=O) groups is 1. The number of fused-ring (bicyclic) bond motifs is 1. The first-order valence-corrected chi connectivity index (χ1v) is 11.8. The van der Waals surface area contributed by atoms with Crippen molar-refractivity contribution in [3.8, 4) is 0 Å². The minimum atomic E-state index is -2.82. The van der Waals surface area contributed by atoms with E-state index in [-0.39, 0.29) is 11.3 Å². The van der Waals surface area contributed by atoms with Crippen LogP contribution in [-0.2, 0) is 13.0 Å². The first-order valence-electron chi connectivity index (χ1n) is 11.8. The molecule has 5 rings (SSSR count). The van der Waals surface area contributed by atoms with E-state index >= 15 is 0 Å². The predicted octanol–water partition coefficient (Wildman–Crippen LogP) is 1.94. The van der Waals surface area contributed by atoms with Gasteiger partial charge >= 0.3 is 0 Å². The van der Waals surface area contributed by atoms with Crippen molar-refractivity contribution in [2.75, 3.05) is 44.2 Å². The fourth-order valence-corrected chi connectivity index (χ4v) is 4.50. The second-order valence-electron chi connectivity index (χ2n) is 9.18. The lowest BCUT2D eigenvalue weighted by molar-refractivity contribution is -0.144. The Morgan fingerprint density at radius 3 is 2.58 bits per heavy atom. The molecule has 9 nitrogen and oxygen atoms in total. The average molecular weight is 502 g/mol. The molecule has 0 aromatic carbocycles. The van der Waals surface area contributed by atoms with Crippen LogP contribution in [0.2, 0.25) is 0 Å². The van der Waals surface area contributed by atoms with Crippen molar-refractivity contribution in [1.29, 1.82) is 0 Å². The molecule has 2 saturated heterocycles. The Kier molecular flexibility index (Phi) is 6.39. The van der Waals surface area contributed by atoms with Crippen LogP contribution in [-0.4, -0.2) is 76.0 Å². The number of aromatic nitrogens is 3. The van der Waals surface area contributed by atoms with E-state index in [9.17, 15) is 22.8 Å². The summed E-state index contributed by atoms with van der Waals surface area (Å²) in [6, 6.07) is 6.64. The van der Waals surface area contributed by atoms with Gasteiger partial charge in [-0.05, 0) is 36.2 Å². The third-order valence-electron chi connectivity index (χ3n) is 6.49. The van der Waals surface area contributed by atoms with E-state index in [4.69, 9.17) is 0 Å². The Morgan fingerprint density at radius 1 is 1.17 bits per heavy atom. The minimum Gasteiger partial charge on any atom is -0.365 e. The number of hydrogen-bond donors (Lipinski definition) is 2. The fourth-order valence-electron chi connectivity index (χ4n) is 4.50. The van der Waals surface area contributed by atoms with Gasteiger partial charge in [-0.25, -0.2) is 18.8 Å². The lowest BCUT2D eigenvalue weighted by Crippen LogP contribution is -2.62.